The topological polar surface area (TPSA) is 52.6 Å². The number of rotatable bonds is 6. The molecule has 4 nitrogen and oxygen atoms in total. The van der Waals surface area contributed by atoms with Crippen molar-refractivity contribution in [2.24, 2.45) is 5.92 Å². The van der Waals surface area contributed by atoms with E-state index >= 15 is 0 Å². The summed E-state index contributed by atoms with van der Waals surface area (Å²) >= 11 is 0. The standard InChI is InChI=1S/C10H22N2O2/c1-8(7-13)9(2)11-6-5-10(14)12(3)4/h8-9,11,13H,5-7H2,1-4H3. The molecule has 0 aromatic carbocycles. The minimum absolute atomic E-state index is 0.126. The van der Waals surface area contributed by atoms with E-state index in [4.69, 9.17) is 5.11 Å². The van der Waals surface area contributed by atoms with Crippen molar-refractivity contribution >= 4 is 5.91 Å². The van der Waals surface area contributed by atoms with Crippen molar-refractivity contribution in [1.29, 1.82) is 0 Å². The highest BCUT2D eigenvalue weighted by Gasteiger charge is 2.10. The second-order valence-corrected chi connectivity index (χ2v) is 3.94. The van der Waals surface area contributed by atoms with Gasteiger partial charge in [-0.25, -0.2) is 0 Å². The lowest BCUT2D eigenvalue weighted by atomic mass is 10.1. The maximum absolute atomic E-state index is 11.2. The monoisotopic (exact) mass is 202 g/mol. The first-order chi connectivity index (χ1) is 6.49. The van der Waals surface area contributed by atoms with Gasteiger partial charge in [-0.05, 0) is 12.8 Å². The van der Waals surface area contributed by atoms with Crippen LogP contribution in [0.3, 0.4) is 0 Å². The predicted molar refractivity (Wildman–Crippen MR) is 57.0 cm³/mol. The fourth-order valence-corrected chi connectivity index (χ4v) is 0.990. The summed E-state index contributed by atoms with van der Waals surface area (Å²) < 4.78 is 0. The van der Waals surface area contributed by atoms with Gasteiger partial charge in [0, 0.05) is 39.7 Å². The van der Waals surface area contributed by atoms with Gasteiger partial charge in [0.1, 0.15) is 0 Å². The Labute approximate surface area is 86.3 Å². The highest BCUT2D eigenvalue weighted by atomic mass is 16.3. The fourth-order valence-electron chi connectivity index (χ4n) is 0.990. The Morgan fingerprint density at radius 1 is 1.43 bits per heavy atom. The van der Waals surface area contributed by atoms with Crippen LogP contribution in [0.2, 0.25) is 0 Å². The van der Waals surface area contributed by atoms with Gasteiger partial charge in [0.05, 0.1) is 0 Å². The van der Waals surface area contributed by atoms with Gasteiger partial charge in [-0.1, -0.05) is 6.92 Å². The summed E-state index contributed by atoms with van der Waals surface area (Å²) in [6.07, 6.45) is 0.509. The molecule has 4 heteroatoms. The van der Waals surface area contributed by atoms with Gasteiger partial charge < -0.3 is 15.3 Å². The molecule has 2 unspecified atom stereocenters. The first kappa shape index (κ1) is 13.4. The lowest BCUT2D eigenvalue weighted by Crippen LogP contribution is -2.36. The van der Waals surface area contributed by atoms with Gasteiger partial charge in [0.2, 0.25) is 5.91 Å². The minimum Gasteiger partial charge on any atom is -0.396 e. The molecule has 0 aromatic rings. The number of aliphatic hydroxyl groups excluding tert-OH is 1. The van der Waals surface area contributed by atoms with E-state index in [1.807, 2.05) is 13.8 Å². The number of hydrogen-bond acceptors (Lipinski definition) is 3. The third kappa shape index (κ3) is 5.19. The van der Waals surface area contributed by atoms with Crippen molar-refractivity contribution in [3.63, 3.8) is 0 Å². The maximum atomic E-state index is 11.2. The largest absolute Gasteiger partial charge is 0.396 e. The summed E-state index contributed by atoms with van der Waals surface area (Å²) in [4.78, 5) is 12.8. The molecule has 0 radical (unpaired) electrons. The number of hydrogen-bond donors (Lipinski definition) is 2. The summed E-state index contributed by atoms with van der Waals surface area (Å²) in [6.45, 7) is 4.84. The van der Waals surface area contributed by atoms with E-state index in [1.165, 1.54) is 0 Å². The van der Waals surface area contributed by atoms with Crippen molar-refractivity contribution in [3.8, 4) is 0 Å². The van der Waals surface area contributed by atoms with E-state index in [0.29, 0.717) is 13.0 Å². The SMILES string of the molecule is CC(CO)C(C)NCCC(=O)N(C)C. The molecule has 0 fully saturated rings. The van der Waals surface area contributed by atoms with Crippen molar-refractivity contribution in [3.05, 3.63) is 0 Å². The zero-order chi connectivity index (χ0) is 11.1. The van der Waals surface area contributed by atoms with Gasteiger partial charge >= 0.3 is 0 Å². The number of nitrogens with zero attached hydrogens (tertiary/aromatic N) is 1. The summed E-state index contributed by atoms with van der Waals surface area (Å²) in [5.74, 6) is 0.353. The number of amides is 1. The van der Waals surface area contributed by atoms with Gasteiger partial charge in [0.25, 0.3) is 0 Å². The fraction of sp³-hybridized carbons (Fsp3) is 0.900. The molecule has 0 saturated heterocycles. The molecule has 1 amide bonds. The van der Waals surface area contributed by atoms with E-state index in [2.05, 4.69) is 5.32 Å². The Kier molecular flexibility index (Phi) is 6.49. The molecule has 0 aliphatic rings. The minimum atomic E-state index is 0.126. The van der Waals surface area contributed by atoms with Crippen LogP contribution in [0.15, 0.2) is 0 Å². The quantitative estimate of drug-likeness (QED) is 0.641. The second-order valence-electron chi connectivity index (χ2n) is 3.94. The van der Waals surface area contributed by atoms with Crippen LogP contribution < -0.4 is 5.32 Å². The summed E-state index contributed by atoms with van der Waals surface area (Å²) in [7, 11) is 3.50. The molecule has 0 aliphatic heterocycles. The highest BCUT2D eigenvalue weighted by molar-refractivity contribution is 5.75. The summed E-state index contributed by atoms with van der Waals surface area (Å²) in [5.41, 5.74) is 0. The molecule has 0 aromatic heterocycles. The zero-order valence-corrected chi connectivity index (χ0v) is 9.58. The van der Waals surface area contributed by atoms with Crippen LogP contribution in [0.5, 0.6) is 0 Å². The van der Waals surface area contributed by atoms with Crippen LogP contribution in [0, 0.1) is 5.92 Å². The van der Waals surface area contributed by atoms with Crippen LogP contribution in [-0.2, 0) is 4.79 Å². The van der Waals surface area contributed by atoms with Crippen molar-refractivity contribution < 1.29 is 9.90 Å². The van der Waals surface area contributed by atoms with Crippen LogP contribution in [0.25, 0.3) is 0 Å². The molecule has 2 N–H and O–H groups in total. The number of carbonyl (C=O) groups is 1. The predicted octanol–water partition coefficient (Wildman–Crippen LogP) is 0.0712. The molecular weight excluding hydrogens is 180 g/mol. The third-order valence-corrected chi connectivity index (χ3v) is 2.45. The molecule has 0 aliphatic carbocycles. The molecule has 0 spiro atoms. The first-order valence-electron chi connectivity index (χ1n) is 5.03. The second kappa shape index (κ2) is 6.79. The molecule has 0 rings (SSSR count). The average Bonchev–Trinajstić information content (AvgIpc) is 2.15. The van der Waals surface area contributed by atoms with Crippen LogP contribution in [-0.4, -0.2) is 49.2 Å². The lowest BCUT2D eigenvalue weighted by Gasteiger charge is -2.19. The molecular formula is C10H22N2O2. The Morgan fingerprint density at radius 3 is 2.43 bits per heavy atom. The van der Waals surface area contributed by atoms with E-state index in [-0.39, 0.29) is 24.5 Å². The molecule has 14 heavy (non-hydrogen) atoms. The van der Waals surface area contributed by atoms with Crippen LogP contribution in [0.4, 0.5) is 0 Å². The first-order valence-corrected chi connectivity index (χ1v) is 5.03. The van der Waals surface area contributed by atoms with Gasteiger partial charge in [-0.3, -0.25) is 4.79 Å². The molecule has 0 bridgehead atoms. The lowest BCUT2D eigenvalue weighted by molar-refractivity contribution is -0.128. The maximum Gasteiger partial charge on any atom is 0.223 e. The molecule has 0 heterocycles. The van der Waals surface area contributed by atoms with Gasteiger partial charge in [-0.15, -0.1) is 0 Å². The van der Waals surface area contributed by atoms with Crippen molar-refractivity contribution in [2.75, 3.05) is 27.2 Å². The summed E-state index contributed by atoms with van der Waals surface area (Å²) in [6, 6.07) is 0.245. The summed E-state index contributed by atoms with van der Waals surface area (Å²) in [5, 5.41) is 12.1. The average molecular weight is 202 g/mol. The molecule has 84 valence electrons. The van der Waals surface area contributed by atoms with E-state index in [9.17, 15) is 4.79 Å². The number of carbonyl (C=O) groups excluding carboxylic acids is 1. The van der Waals surface area contributed by atoms with E-state index < -0.39 is 0 Å². The molecule has 2 atom stereocenters. The van der Waals surface area contributed by atoms with Crippen LogP contribution >= 0.6 is 0 Å². The molecule has 0 saturated carbocycles. The Morgan fingerprint density at radius 2 is 2.00 bits per heavy atom. The zero-order valence-electron chi connectivity index (χ0n) is 9.58. The Balaban J connectivity index is 3.59. The van der Waals surface area contributed by atoms with Gasteiger partial charge in [0.15, 0.2) is 0 Å². The van der Waals surface area contributed by atoms with Crippen LogP contribution in [0.1, 0.15) is 20.3 Å². The Hall–Kier alpha value is -0.610. The van der Waals surface area contributed by atoms with Gasteiger partial charge in [-0.2, -0.15) is 0 Å². The smallest absolute Gasteiger partial charge is 0.223 e. The normalized spacial score (nSPS) is 14.9. The highest BCUT2D eigenvalue weighted by Crippen LogP contribution is 2.00. The number of nitrogens with one attached hydrogen (secondary N) is 1. The number of aliphatic hydroxyl groups is 1. The van der Waals surface area contributed by atoms with E-state index in [0.717, 1.165) is 0 Å². The Bertz CT molecular complexity index is 172. The van der Waals surface area contributed by atoms with E-state index in [1.54, 1.807) is 19.0 Å². The third-order valence-electron chi connectivity index (χ3n) is 2.45. The van der Waals surface area contributed by atoms with Crippen molar-refractivity contribution in [1.82, 2.24) is 10.2 Å². The van der Waals surface area contributed by atoms with Crippen molar-refractivity contribution in [2.45, 2.75) is 26.3 Å².